The lowest BCUT2D eigenvalue weighted by Gasteiger charge is -2.25. The van der Waals surface area contributed by atoms with E-state index >= 15 is 0 Å². The molecule has 4 aromatic rings. The second-order valence-electron chi connectivity index (χ2n) is 7.67. The topological polar surface area (TPSA) is 105 Å². The quantitative estimate of drug-likeness (QED) is 0.317. The highest BCUT2D eigenvalue weighted by Gasteiger charge is 2.25. The first-order chi connectivity index (χ1) is 16.9. The minimum atomic E-state index is -3.74. The summed E-state index contributed by atoms with van der Waals surface area (Å²) in [7, 11) is -3.74. The summed E-state index contributed by atoms with van der Waals surface area (Å²) in [6.45, 7) is 2.16. The third-order valence-corrected chi connectivity index (χ3v) is 6.97. The van der Waals surface area contributed by atoms with Gasteiger partial charge in [-0.2, -0.15) is 0 Å². The summed E-state index contributed by atoms with van der Waals surface area (Å²) in [5.41, 5.74) is 1.77. The molecule has 2 aromatic heterocycles. The van der Waals surface area contributed by atoms with Gasteiger partial charge in [0.1, 0.15) is 5.76 Å². The van der Waals surface area contributed by atoms with Crippen molar-refractivity contribution in [3.8, 4) is 0 Å². The maximum Gasteiger partial charge on any atom is 0.276 e. The van der Waals surface area contributed by atoms with Gasteiger partial charge in [-0.05, 0) is 42.0 Å². The highest BCUT2D eigenvalue weighted by atomic mass is 35.5. The summed E-state index contributed by atoms with van der Waals surface area (Å²) >= 11 is 6.04. The Balaban J connectivity index is 1.79. The molecule has 4 rings (SSSR count). The van der Waals surface area contributed by atoms with Crippen molar-refractivity contribution >= 4 is 38.7 Å². The number of halogens is 1. The zero-order valence-corrected chi connectivity index (χ0v) is 20.5. The molecule has 8 nitrogen and oxygen atoms in total. The van der Waals surface area contributed by atoms with E-state index < -0.39 is 20.9 Å². The summed E-state index contributed by atoms with van der Waals surface area (Å²) in [4.78, 5) is 23.5. The van der Waals surface area contributed by atoms with Crippen molar-refractivity contribution in [2.75, 3.05) is 16.0 Å². The van der Waals surface area contributed by atoms with E-state index in [1.807, 2.05) is 29.2 Å². The molecular weight excluding hydrogens is 488 g/mol. The van der Waals surface area contributed by atoms with E-state index in [9.17, 15) is 13.2 Å². The average Bonchev–Trinajstić information content (AvgIpc) is 3.38. The van der Waals surface area contributed by atoms with Gasteiger partial charge in [0.15, 0.2) is 5.69 Å². The van der Waals surface area contributed by atoms with Gasteiger partial charge in [0.25, 0.3) is 5.91 Å². The number of aromatic nitrogens is 2. The Hall–Kier alpha value is -3.69. The highest BCUT2D eigenvalue weighted by molar-refractivity contribution is 7.91. The number of sulfone groups is 1. The third kappa shape index (κ3) is 6.06. The van der Waals surface area contributed by atoms with Crippen molar-refractivity contribution in [2.45, 2.75) is 25.2 Å². The summed E-state index contributed by atoms with van der Waals surface area (Å²) in [6, 6.07) is 19.7. The van der Waals surface area contributed by atoms with Crippen LogP contribution in [0.4, 0.5) is 11.4 Å². The zero-order chi connectivity index (χ0) is 24.8. The molecule has 35 heavy (non-hydrogen) atoms. The molecule has 0 spiro atoms. The Kier molecular flexibility index (Phi) is 7.48. The molecule has 0 atom stereocenters. The smallest absolute Gasteiger partial charge is 0.276 e. The molecule has 2 heterocycles. The largest absolute Gasteiger partial charge is 0.467 e. The predicted molar refractivity (Wildman–Crippen MR) is 134 cm³/mol. The minimum Gasteiger partial charge on any atom is -0.467 e. The first kappa shape index (κ1) is 24.4. The van der Waals surface area contributed by atoms with Crippen LogP contribution in [0.25, 0.3) is 0 Å². The van der Waals surface area contributed by atoms with E-state index in [1.54, 1.807) is 48.7 Å². The molecular formula is C25H23ClN4O4S. The lowest BCUT2D eigenvalue weighted by molar-refractivity contribution is 0.102. The standard InChI is InChI=1S/C25H23ClN4O4S/c1-2-35(32,33)25-27-15-22(23(29-25)24(31)28-20-7-4-3-5-8-20)30(17-21-9-6-14-34-21)16-18-10-12-19(26)13-11-18/h3-15H,2,16-17H2,1H3,(H,28,31). The van der Waals surface area contributed by atoms with E-state index in [1.165, 1.54) is 13.1 Å². The lowest BCUT2D eigenvalue weighted by atomic mass is 10.2. The van der Waals surface area contributed by atoms with Gasteiger partial charge in [0.05, 0.1) is 30.4 Å². The molecule has 1 N–H and O–H groups in total. The Morgan fingerprint density at radius 2 is 1.77 bits per heavy atom. The second-order valence-corrected chi connectivity index (χ2v) is 10.3. The van der Waals surface area contributed by atoms with Crippen molar-refractivity contribution in [3.63, 3.8) is 0 Å². The van der Waals surface area contributed by atoms with Gasteiger partial charge in [-0.3, -0.25) is 4.79 Å². The van der Waals surface area contributed by atoms with E-state index in [2.05, 4.69) is 15.3 Å². The van der Waals surface area contributed by atoms with Crippen LogP contribution in [-0.4, -0.2) is 30.0 Å². The number of furan rings is 1. The Morgan fingerprint density at radius 3 is 2.43 bits per heavy atom. The van der Waals surface area contributed by atoms with Gasteiger partial charge >= 0.3 is 0 Å². The van der Waals surface area contributed by atoms with Crippen LogP contribution in [-0.2, 0) is 22.9 Å². The van der Waals surface area contributed by atoms with Crippen LogP contribution in [0.1, 0.15) is 28.7 Å². The van der Waals surface area contributed by atoms with Crippen molar-refractivity contribution < 1.29 is 17.6 Å². The SMILES string of the molecule is CCS(=O)(=O)c1ncc(N(Cc2ccc(Cl)cc2)Cc2ccco2)c(C(=O)Nc2ccccc2)n1. The Bertz CT molecular complexity index is 1390. The van der Waals surface area contributed by atoms with Crippen LogP contribution in [0.15, 0.2) is 88.8 Å². The van der Waals surface area contributed by atoms with Crippen molar-refractivity contribution in [1.82, 2.24) is 9.97 Å². The van der Waals surface area contributed by atoms with Gasteiger partial charge in [-0.1, -0.05) is 48.9 Å². The number of hydrogen-bond donors (Lipinski definition) is 1. The third-order valence-electron chi connectivity index (χ3n) is 5.21. The molecule has 0 aliphatic rings. The first-order valence-corrected chi connectivity index (χ1v) is 12.9. The molecule has 1 amide bonds. The van der Waals surface area contributed by atoms with Gasteiger partial charge in [0.2, 0.25) is 15.0 Å². The molecule has 0 bridgehead atoms. The monoisotopic (exact) mass is 510 g/mol. The summed E-state index contributed by atoms with van der Waals surface area (Å²) in [6.07, 6.45) is 2.93. The van der Waals surface area contributed by atoms with Crippen LogP contribution in [0.5, 0.6) is 0 Å². The van der Waals surface area contributed by atoms with Gasteiger partial charge in [-0.15, -0.1) is 0 Å². The summed E-state index contributed by atoms with van der Waals surface area (Å²) in [5, 5.41) is 3.00. The maximum absolute atomic E-state index is 13.3. The van der Waals surface area contributed by atoms with Crippen LogP contribution >= 0.6 is 11.6 Å². The fourth-order valence-electron chi connectivity index (χ4n) is 3.38. The predicted octanol–water partition coefficient (Wildman–Crippen LogP) is 4.98. The number of carbonyl (C=O) groups is 1. The summed E-state index contributed by atoms with van der Waals surface area (Å²) in [5.74, 6) is -0.0900. The normalized spacial score (nSPS) is 11.3. The van der Waals surface area contributed by atoms with Crippen molar-refractivity contribution in [3.05, 3.63) is 101 Å². The van der Waals surface area contributed by atoms with E-state index in [-0.39, 0.29) is 11.4 Å². The molecule has 0 aliphatic heterocycles. The molecule has 180 valence electrons. The maximum atomic E-state index is 13.3. The number of amides is 1. The lowest BCUT2D eigenvalue weighted by Crippen LogP contribution is -2.27. The number of nitrogens with zero attached hydrogens (tertiary/aromatic N) is 3. The highest BCUT2D eigenvalue weighted by Crippen LogP contribution is 2.26. The number of benzene rings is 2. The molecule has 0 unspecified atom stereocenters. The minimum absolute atomic E-state index is 0.0589. The number of rotatable bonds is 9. The zero-order valence-electron chi connectivity index (χ0n) is 18.9. The fraction of sp³-hybridized carbons (Fsp3) is 0.160. The molecule has 0 saturated carbocycles. The Labute approximate surface area is 208 Å². The molecule has 0 radical (unpaired) electrons. The van der Waals surface area contributed by atoms with Crippen LogP contribution < -0.4 is 10.2 Å². The van der Waals surface area contributed by atoms with E-state index in [4.69, 9.17) is 16.0 Å². The number of nitrogens with one attached hydrogen (secondary N) is 1. The molecule has 0 aliphatic carbocycles. The molecule has 0 fully saturated rings. The van der Waals surface area contributed by atoms with Crippen molar-refractivity contribution in [1.29, 1.82) is 0 Å². The second kappa shape index (κ2) is 10.7. The fourth-order valence-corrected chi connectivity index (χ4v) is 4.20. The average molecular weight is 511 g/mol. The molecule has 10 heteroatoms. The summed E-state index contributed by atoms with van der Waals surface area (Å²) < 4.78 is 30.5. The molecule has 0 saturated heterocycles. The number of para-hydroxylation sites is 1. The van der Waals surface area contributed by atoms with Crippen molar-refractivity contribution in [2.24, 2.45) is 0 Å². The number of anilines is 2. The van der Waals surface area contributed by atoms with Crippen LogP contribution in [0, 0.1) is 0 Å². The van der Waals surface area contributed by atoms with Gasteiger partial charge in [0, 0.05) is 17.3 Å². The van der Waals surface area contributed by atoms with Gasteiger partial charge in [-0.25, -0.2) is 18.4 Å². The van der Waals surface area contributed by atoms with E-state index in [0.29, 0.717) is 35.2 Å². The molecule has 2 aromatic carbocycles. The van der Waals surface area contributed by atoms with E-state index in [0.717, 1.165) is 5.56 Å². The Morgan fingerprint density at radius 1 is 1.03 bits per heavy atom. The van der Waals surface area contributed by atoms with Gasteiger partial charge < -0.3 is 14.6 Å². The number of carbonyl (C=O) groups excluding carboxylic acids is 1. The first-order valence-electron chi connectivity index (χ1n) is 10.8. The van der Waals surface area contributed by atoms with Crippen LogP contribution in [0.2, 0.25) is 5.02 Å². The van der Waals surface area contributed by atoms with Crippen LogP contribution in [0.3, 0.4) is 0 Å². The number of hydrogen-bond acceptors (Lipinski definition) is 7.